The van der Waals surface area contributed by atoms with Crippen LogP contribution in [0.15, 0.2) is 47.9 Å². The fourth-order valence-corrected chi connectivity index (χ4v) is 1.84. The minimum absolute atomic E-state index is 0.0819. The Morgan fingerprint density at radius 2 is 2.05 bits per heavy atom. The Morgan fingerprint density at radius 1 is 1.32 bits per heavy atom. The Morgan fingerprint density at radius 3 is 2.73 bits per heavy atom. The zero-order valence-corrected chi connectivity index (χ0v) is 12.6. The minimum atomic E-state index is -0.661. The molecular formula is C15H14ClN3O3. The van der Waals surface area contributed by atoms with Gasteiger partial charge in [0.2, 0.25) is 0 Å². The van der Waals surface area contributed by atoms with Gasteiger partial charge in [-0.25, -0.2) is 4.79 Å². The lowest BCUT2D eigenvalue weighted by atomic mass is 10.2. The summed E-state index contributed by atoms with van der Waals surface area (Å²) in [4.78, 5) is 20.1. The maximum Gasteiger partial charge on any atom is 0.372 e. The molecule has 1 heterocycles. The van der Waals surface area contributed by atoms with Crippen LogP contribution in [-0.4, -0.2) is 23.4 Å². The highest BCUT2D eigenvalue weighted by Crippen LogP contribution is 2.21. The molecule has 6 nitrogen and oxygen atoms in total. The number of aromatic nitrogens is 1. The van der Waals surface area contributed by atoms with Crippen LogP contribution in [-0.2, 0) is 9.63 Å². The Balaban J connectivity index is 1.88. The van der Waals surface area contributed by atoms with Gasteiger partial charge in [-0.1, -0.05) is 16.8 Å². The van der Waals surface area contributed by atoms with Crippen molar-refractivity contribution in [2.24, 2.45) is 10.9 Å². The smallest absolute Gasteiger partial charge is 0.372 e. The Labute approximate surface area is 132 Å². The van der Waals surface area contributed by atoms with E-state index in [9.17, 15) is 4.79 Å². The Kier molecular flexibility index (Phi) is 5.32. The van der Waals surface area contributed by atoms with Crippen molar-refractivity contribution >= 4 is 23.4 Å². The summed E-state index contributed by atoms with van der Waals surface area (Å²) in [5.74, 6) is -0.0304. The summed E-state index contributed by atoms with van der Waals surface area (Å²) in [7, 11) is 0. The van der Waals surface area contributed by atoms with Gasteiger partial charge in [0.05, 0.1) is 0 Å². The topological polar surface area (TPSA) is 86.8 Å². The molecule has 22 heavy (non-hydrogen) atoms. The zero-order chi connectivity index (χ0) is 15.9. The first-order valence-corrected chi connectivity index (χ1v) is 6.76. The number of benzene rings is 1. The summed E-state index contributed by atoms with van der Waals surface area (Å²) in [5, 5.41) is 4.16. The summed E-state index contributed by atoms with van der Waals surface area (Å²) >= 11 is 5.84. The van der Waals surface area contributed by atoms with E-state index in [4.69, 9.17) is 26.9 Å². The van der Waals surface area contributed by atoms with Gasteiger partial charge in [-0.3, -0.25) is 4.98 Å². The van der Waals surface area contributed by atoms with Crippen molar-refractivity contribution in [2.45, 2.75) is 6.92 Å². The molecule has 2 rings (SSSR count). The molecule has 7 heteroatoms. The fraction of sp³-hybridized carbons (Fsp3) is 0.133. The molecule has 0 atom stereocenters. The monoisotopic (exact) mass is 319 g/mol. The molecule has 0 bridgehead atoms. The Bertz CT molecular complexity index is 690. The standard InChI is InChI=1S/C15H14ClN3O3/c1-10-8-12(16)2-3-13(10)21-9-14(20)22-19-15(17)11-4-6-18-7-5-11/h2-8H,9H2,1H3,(H2,17,19). The quantitative estimate of drug-likeness (QED) is 0.395. The second-order valence-corrected chi connectivity index (χ2v) is 4.81. The van der Waals surface area contributed by atoms with E-state index in [1.807, 2.05) is 6.92 Å². The number of hydrogen-bond donors (Lipinski definition) is 1. The van der Waals surface area contributed by atoms with Crippen molar-refractivity contribution in [3.63, 3.8) is 0 Å². The van der Waals surface area contributed by atoms with E-state index >= 15 is 0 Å². The first-order chi connectivity index (χ1) is 10.6. The van der Waals surface area contributed by atoms with Gasteiger partial charge in [-0.2, -0.15) is 0 Å². The summed E-state index contributed by atoms with van der Waals surface area (Å²) in [6, 6.07) is 8.40. The zero-order valence-electron chi connectivity index (χ0n) is 11.8. The molecule has 0 fully saturated rings. The minimum Gasteiger partial charge on any atom is -0.482 e. The van der Waals surface area contributed by atoms with Gasteiger partial charge >= 0.3 is 5.97 Å². The summed E-state index contributed by atoms with van der Waals surface area (Å²) < 4.78 is 5.34. The van der Waals surface area contributed by atoms with E-state index in [2.05, 4.69) is 10.1 Å². The van der Waals surface area contributed by atoms with E-state index in [0.29, 0.717) is 16.3 Å². The molecule has 0 saturated heterocycles. The number of halogens is 1. The highest BCUT2D eigenvalue weighted by molar-refractivity contribution is 6.30. The average Bonchev–Trinajstić information content (AvgIpc) is 2.52. The summed E-state index contributed by atoms with van der Waals surface area (Å²) in [6.45, 7) is 1.54. The van der Waals surface area contributed by atoms with Gasteiger partial charge in [0.15, 0.2) is 12.4 Å². The molecule has 1 aromatic carbocycles. The van der Waals surface area contributed by atoms with Crippen LogP contribution < -0.4 is 10.5 Å². The maximum atomic E-state index is 11.6. The molecule has 114 valence electrons. The maximum absolute atomic E-state index is 11.6. The molecule has 1 aromatic heterocycles. The fourth-order valence-electron chi connectivity index (χ4n) is 1.61. The van der Waals surface area contributed by atoms with Crippen LogP contribution in [0, 0.1) is 6.92 Å². The highest BCUT2D eigenvalue weighted by atomic mass is 35.5. The molecule has 0 amide bonds. The van der Waals surface area contributed by atoms with Crippen molar-refractivity contribution < 1.29 is 14.4 Å². The molecule has 0 spiro atoms. The van der Waals surface area contributed by atoms with Gasteiger partial charge in [0.1, 0.15) is 5.75 Å². The van der Waals surface area contributed by atoms with E-state index in [0.717, 1.165) is 5.56 Å². The van der Waals surface area contributed by atoms with Crippen LogP contribution in [0.3, 0.4) is 0 Å². The van der Waals surface area contributed by atoms with Crippen molar-refractivity contribution in [1.29, 1.82) is 0 Å². The second-order valence-electron chi connectivity index (χ2n) is 4.37. The molecule has 0 aliphatic heterocycles. The number of pyridine rings is 1. The van der Waals surface area contributed by atoms with Crippen molar-refractivity contribution in [1.82, 2.24) is 4.98 Å². The van der Waals surface area contributed by atoms with Crippen LogP contribution in [0.1, 0.15) is 11.1 Å². The van der Waals surface area contributed by atoms with Crippen molar-refractivity contribution in [2.75, 3.05) is 6.61 Å². The first-order valence-electron chi connectivity index (χ1n) is 6.39. The third-order valence-electron chi connectivity index (χ3n) is 2.70. The third kappa shape index (κ3) is 4.46. The van der Waals surface area contributed by atoms with Gasteiger partial charge < -0.3 is 15.3 Å². The predicted octanol–water partition coefficient (Wildman–Crippen LogP) is 2.29. The van der Waals surface area contributed by atoms with Gasteiger partial charge in [-0.05, 0) is 42.8 Å². The highest BCUT2D eigenvalue weighted by Gasteiger charge is 2.07. The van der Waals surface area contributed by atoms with E-state index in [-0.39, 0.29) is 12.4 Å². The summed E-state index contributed by atoms with van der Waals surface area (Å²) in [5.41, 5.74) is 7.11. The van der Waals surface area contributed by atoms with Crippen LogP contribution in [0.25, 0.3) is 0 Å². The third-order valence-corrected chi connectivity index (χ3v) is 2.94. The van der Waals surface area contributed by atoms with Gasteiger partial charge in [-0.15, -0.1) is 0 Å². The molecule has 0 radical (unpaired) electrons. The number of hydrogen-bond acceptors (Lipinski definition) is 5. The molecule has 2 N–H and O–H groups in total. The predicted molar refractivity (Wildman–Crippen MR) is 82.7 cm³/mol. The number of carbonyl (C=O) groups is 1. The van der Waals surface area contributed by atoms with Crippen LogP contribution >= 0.6 is 11.6 Å². The van der Waals surface area contributed by atoms with Crippen LogP contribution in [0.4, 0.5) is 0 Å². The van der Waals surface area contributed by atoms with Gasteiger partial charge in [0, 0.05) is 23.0 Å². The number of nitrogens with two attached hydrogens (primary N) is 1. The molecule has 2 aromatic rings. The van der Waals surface area contributed by atoms with Crippen LogP contribution in [0.2, 0.25) is 5.02 Å². The second kappa shape index (κ2) is 7.42. The normalized spacial score (nSPS) is 11.1. The lowest BCUT2D eigenvalue weighted by Gasteiger charge is -2.07. The number of oxime groups is 1. The Hall–Kier alpha value is -2.60. The van der Waals surface area contributed by atoms with Gasteiger partial charge in [0.25, 0.3) is 0 Å². The SMILES string of the molecule is Cc1cc(Cl)ccc1OCC(=O)ON=C(N)c1ccncc1. The average molecular weight is 320 g/mol. The molecule has 0 unspecified atom stereocenters. The summed E-state index contributed by atoms with van der Waals surface area (Å²) in [6.07, 6.45) is 3.12. The van der Waals surface area contributed by atoms with Crippen molar-refractivity contribution in [3.8, 4) is 5.75 Å². The lowest BCUT2D eigenvalue weighted by Crippen LogP contribution is -2.18. The number of nitrogens with zero attached hydrogens (tertiary/aromatic N) is 2. The number of carbonyl (C=O) groups excluding carboxylic acids is 1. The van der Waals surface area contributed by atoms with E-state index < -0.39 is 5.97 Å². The first kappa shape index (κ1) is 15.8. The molecule has 0 aliphatic carbocycles. The number of aryl methyl sites for hydroxylation is 1. The molecule has 0 aliphatic rings. The largest absolute Gasteiger partial charge is 0.482 e. The van der Waals surface area contributed by atoms with Crippen molar-refractivity contribution in [3.05, 3.63) is 58.9 Å². The molecular weight excluding hydrogens is 306 g/mol. The lowest BCUT2D eigenvalue weighted by molar-refractivity contribution is -0.146. The number of rotatable bonds is 5. The van der Waals surface area contributed by atoms with E-state index in [1.54, 1.807) is 42.7 Å². The number of amidine groups is 1. The molecule has 0 saturated carbocycles. The van der Waals surface area contributed by atoms with E-state index in [1.165, 1.54) is 0 Å². The van der Waals surface area contributed by atoms with Crippen LogP contribution in [0.5, 0.6) is 5.75 Å². The number of ether oxygens (including phenoxy) is 1.